The summed E-state index contributed by atoms with van der Waals surface area (Å²) in [6.45, 7) is 0. The molecule has 90 valence electrons. The molecule has 0 aliphatic rings. The first-order chi connectivity index (χ1) is 8.15. The largest absolute Gasteiger partial charge is 0.271 e. The van der Waals surface area contributed by atoms with Crippen LogP contribution in [0.5, 0.6) is 0 Å². The summed E-state index contributed by atoms with van der Waals surface area (Å²) < 4.78 is 26.5. The van der Waals surface area contributed by atoms with Gasteiger partial charge in [-0.05, 0) is 39.0 Å². The van der Waals surface area contributed by atoms with E-state index >= 15 is 0 Å². The van der Waals surface area contributed by atoms with Gasteiger partial charge in [0.2, 0.25) is 0 Å². The molecule has 0 aliphatic carbocycles. The molecule has 1 heterocycles. The van der Waals surface area contributed by atoms with Gasteiger partial charge in [-0.3, -0.25) is 5.84 Å². The monoisotopic (exact) mass is 318 g/mol. The molecular formula is C11H9BrF2N2S. The van der Waals surface area contributed by atoms with E-state index in [-0.39, 0.29) is 10.5 Å². The second kappa shape index (κ2) is 5.22. The molecule has 17 heavy (non-hydrogen) atoms. The van der Waals surface area contributed by atoms with E-state index in [0.29, 0.717) is 5.56 Å². The molecule has 2 nitrogen and oxygen atoms in total. The molecule has 0 radical (unpaired) electrons. The smallest absolute Gasteiger partial charge is 0.173 e. The third kappa shape index (κ3) is 2.40. The second-order valence-electron chi connectivity index (χ2n) is 3.38. The maximum absolute atomic E-state index is 13.4. The third-order valence-electron chi connectivity index (χ3n) is 2.37. The molecule has 0 saturated heterocycles. The van der Waals surface area contributed by atoms with Crippen LogP contribution in [0.3, 0.4) is 0 Å². The lowest BCUT2D eigenvalue weighted by atomic mass is 10.1. The number of benzene rings is 1. The lowest BCUT2D eigenvalue weighted by Crippen LogP contribution is -2.28. The van der Waals surface area contributed by atoms with Crippen LogP contribution in [0.1, 0.15) is 16.5 Å². The zero-order chi connectivity index (χ0) is 12.4. The Balaban J connectivity index is 2.49. The van der Waals surface area contributed by atoms with Crippen molar-refractivity contribution in [3.63, 3.8) is 0 Å². The molecule has 0 bridgehead atoms. The number of nitrogens with two attached hydrogens (primary N) is 1. The van der Waals surface area contributed by atoms with E-state index in [1.54, 1.807) is 0 Å². The summed E-state index contributed by atoms with van der Waals surface area (Å²) in [5, 5.41) is 1.90. The van der Waals surface area contributed by atoms with Crippen LogP contribution in [0.15, 0.2) is 34.1 Å². The van der Waals surface area contributed by atoms with E-state index in [4.69, 9.17) is 5.84 Å². The average Bonchev–Trinajstić information content (AvgIpc) is 2.84. The van der Waals surface area contributed by atoms with Crippen molar-refractivity contribution in [3.05, 3.63) is 56.2 Å². The predicted molar refractivity (Wildman–Crippen MR) is 67.5 cm³/mol. The van der Waals surface area contributed by atoms with Gasteiger partial charge in [0, 0.05) is 4.88 Å². The Morgan fingerprint density at radius 3 is 2.65 bits per heavy atom. The first-order valence-corrected chi connectivity index (χ1v) is 6.45. The fourth-order valence-corrected chi connectivity index (χ4v) is 2.90. The van der Waals surface area contributed by atoms with E-state index in [1.807, 2.05) is 17.5 Å². The van der Waals surface area contributed by atoms with Crippen molar-refractivity contribution >= 4 is 27.3 Å². The lowest BCUT2D eigenvalue weighted by molar-refractivity contribution is 0.499. The van der Waals surface area contributed by atoms with E-state index < -0.39 is 11.6 Å². The summed E-state index contributed by atoms with van der Waals surface area (Å²) in [5.74, 6) is 3.68. The summed E-state index contributed by atoms with van der Waals surface area (Å²) in [6.07, 6.45) is 0. The van der Waals surface area contributed by atoms with Crippen LogP contribution in [-0.2, 0) is 0 Å². The molecule has 1 unspecified atom stereocenters. The van der Waals surface area contributed by atoms with Gasteiger partial charge in [0.25, 0.3) is 0 Å². The van der Waals surface area contributed by atoms with Gasteiger partial charge in [-0.15, -0.1) is 11.3 Å². The minimum absolute atomic E-state index is 0.0915. The van der Waals surface area contributed by atoms with Gasteiger partial charge < -0.3 is 0 Å². The first-order valence-electron chi connectivity index (χ1n) is 4.78. The SMILES string of the molecule is NNC(c1cccs1)c1ccc(F)c(F)c1Br. The van der Waals surface area contributed by atoms with Gasteiger partial charge in [0.05, 0.1) is 10.5 Å². The van der Waals surface area contributed by atoms with Crippen LogP contribution in [0.4, 0.5) is 8.78 Å². The summed E-state index contributed by atoms with van der Waals surface area (Å²) >= 11 is 4.54. The highest BCUT2D eigenvalue weighted by molar-refractivity contribution is 9.10. The fraction of sp³-hybridized carbons (Fsp3) is 0.0909. The van der Waals surface area contributed by atoms with Gasteiger partial charge >= 0.3 is 0 Å². The van der Waals surface area contributed by atoms with Crippen LogP contribution in [-0.4, -0.2) is 0 Å². The van der Waals surface area contributed by atoms with Crippen LogP contribution in [0, 0.1) is 11.6 Å². The first kappa shape index (κ1) is 12.6. The van der Waals surface area contributed by atoms with Crippen LogP contribution >= 0.6 is 27.3 Å². The molecule has 2 rings (SSSR count). The predicted octanol–water partition coefficient (Wildman–Crippen LogP) is 3.34. The second-order valence-corrected chi connectivity index (χ2v) is 5.15. The summed E-state index contributed by atoms with van der Waals surface area (Å²) in [5.41, 5.74) is 3.16. The van der Waals surface area contributed by atoms with Crippen molar-refractivity contribution in [1.29, 1.82) is 0 Å². The number of hydrazine groups is 1. The van der Waals surface area contributed by atoms with E-state index in [0.717, 1.165) is 10.9 Å². The molecule has 0 aliphatic heterocycles. The standard InChI is InChI=1S/C11H9BrF2N2S/c12-9-6(3-4-7(13)10(9)14)11(16-15)8-2-1-5-17-8/h1-5,11,16H,15H2. The number of hydrogen-bond acceptors (Lipinski definition) is 3. The minimum Gasteiger partial charge on any atom is -0.271 e. The van der Waals surface area contributed by atoms with E-state index in [2.05, 4.69) is 21.4 Å². The molecule has 2 aromatic rings. The zero-order valence-electron chi connectivity index (χ0n) is 8.58. The van der Waals surface area contributed by atoms with Crippen molar-refractivity contribution in [3.8, 4) is 0 Å². The summed E-state index contributed by atoms with van der Waals surface area (Å²) in [7, 11) is 0. The Kier molecular flexibility index (Phi) is 3.88. The Hall–Kier alpha value is -0.820. The van der Waals surface area contributed by atoms with E-state index in [9.17, 15) is 8.78 Å². The molecule has 0 saturated carbocycles. The molecular weight excluding hydrogens is 310 g/mol. The molecule has 1 atom stereocenters. The normalized spacial score (nSPS) is 12.7. The highest BCUT2D eigenvalue weighted by Crippen LogP contribution is 2.32. The third-order valence-corrected chi connectivity index (χ3v) is 4.11. The molecule has 3 N–H and O–H groups in total. The number of thiophene rings is 1. The van der Waals surface area contributed by atoms with E-state index in [1.165, 1.54) is 17.4 Å². The summed E-state index contributed by atoms with van der Waals surface area (Å²) in [6, 6.07) is 5.99. The fourth-order valence-electron chi connectivity index (χ4n) is 1.54. The van der Waals surface area contributed by atoms with Crippen molar-refractivity contribution in [2.24, 2.45) is 5.84 Å². The topological polar surface area (TPSA) is 38.0 Å². The van der Waals surface area contributed by atoms with Crippen molar-refractivity contribution < 1.29 is 8.78 Å². The minimum atomic E-state index is -0.903. The van der Waals surface area contributed by atoms with Gasteiger partial charge in [-0.25, -0.2) is 14.2 Å². The van der Waals surface area contributed by atoms with Crippen LogP contribution < -0.4 is 11.3 Å². The number of rotatable bonds is 3. The van der Waals surface area contributed by atoms with Gasteiger partial charge in [-0.2, -0.15) is 0 Å². The van der Waals surface area contributed by atoms with Gasteiger partial charge in [-0.1, -0.05) is 12.1 Å². The number of nitrogens with one attached hydrogen (secondary N) is 1. The summed E-state index contributed by atoms with van der Waals surface area (Å²) in [4.78, 5) is 0.930. The Labute approximate surface area is 110 Å². The quantitative estimate of drug-likeness (QED) is 0.517. The Bertz CT molecular complexity index is 516. The Morgan fingerprint density at radius 2 is 2.06 bits per heavy atom. The van der Waals surface area contributed by atoms with Crippen LogP contribution in [0.25, 0.3) is 0 Å². The molecule has 0 spiro atoms. The van der Waals surface area contributed by atoms with Crippen molar-refractivity contribution in [2.75, 3.05) is 0 Å². The maximum Gasteiger partial charge on any atom is 0.173 e. The van der Waals surface area contributed by atoms with Gasteiger partial charge in [0.15, 0.2) is 11.6 Å². The molecule has 1 aromatic heterocycles. The highest BCUT2D eigenvalue weighted by Gasteiger charge is 2.20. The maximum atomic E-state index is 13.4. The van der Waals surface area contributed by atoms with Crippen molar-refractivity contribution in [2.45, 2.75) is 6.04 Å². The van der Waals surface area contributed by atoms with Crippen molar-refractivity contribution in [1.82, 2.24) is 5.43 Å². The lowest BCUT2D eigenvalue weighted by Gasteiger charge is -2.16. The average molecular weight is 319 g/mol. The zero-order valence-corrected chi connectivity index (χ0v) is 11.0. The molecule has 0 amide bonds. The highest BCUT2D eigenvalue weighted by atomic mass is 79.9. The van der Waals surface area contributed by atoms with Gasteiger partial charge in [0.1, 0.15) is 0 Å². The molecule has 0 fully saturated rings. The van der Waals surface area contributed by atoms with Crippen LogP contribution in [0.2, 0.25) is 0 Å². The number of halogens is 3. The molecule has 1 aromatic carbocycles. The molecule has 6 heteroatoms. The number of hydrogen-bond donors (Lipinski definition) is 2. The Morgan fingerprint density at radius 1 is 1.29 bits per heavy atom.